The van der Waals surface area contributed by atoms with E-state index >= 15 is 0 Å². The number of hydrogen-bond donors (Lipinski definition) is 4. The molecule has 1 amide bonds. The summed E-state index contributed by atoms with van der Waals surface area (Å²) >= 11 is 0. The van der Waals surface area contributed by atoms with Crippen molar-refractivity contribution in [1.29, 1.82) is 0 Å². The Labute approximate surface area is 227 Å². The summed E-state index contributed by atoms with van der Waals surface area (Å²) in [6, 6.07) is 5.33. The summed E-state index contributed by atoms with van der Waals surface area (Å²) < 4.78 is 37.1. The number of H-pyrrole nitrogens is 1. The average molecular weight is 570 g/mol. The number of piperazine rings is 1. The minimum Gasteiger partial charge on any atom is -0.482 e. The van der Waals surface area contributed by atoms with Crippen molar-refractivity contribution in [2.75, 3.05) is 45.9 Å². The quantitative estimate of drug-likeness (QED) is 0.322. The largest absolute Gasteiger partial charge is 0.490 e. The summed E-state index contributed by atoms with van der Waals surface area (Å²) in [4.78, 5) is 56.6. The molecule has 3 heterocycles. The standard InChI is InChI=1S/C23H29N5O5.C2HF3O2/c29-19(13-28-10-9-27(14-22(28)30)18-3-5-24-6-4-18)16-1-2-20(33-15-23(31)32)17(11-16)12-21-25-7-8-26-21;3-2(4,5)1(6)7/h1-2,7-8,11,18,24H,3-6,9-10,12-15H2,(H,25,26)(H,31,32);(H,6,7). The molecule has 1 aromatic carbocycles. The number of carboxylic acids is 2. The van der Waals surface area contributed by atoms with Crippen LogP contribution in [0.1, 0.15) is 34.6 Å². The molecule has 2 fully saturated rings. The minimum atomic E-state index is -5.08. The first kappa shape index (κ1) is 30.6. The number of amides is 1. The van der Waals surface area contributed by atoms with Crippen LogP contribution in [0.5, 0.6) is 5.75 Å². The maximum absolute atomic E-state index is 13.0. The van der Waals surface area contributed by atoms with Gasteiger partial charge < -0.3 is 30.2 Å². The van der Waals surface area contributed by atoms with Crippen LogP contribution in [0.3, 0.4) is 0 Å². The van der Waals surface area contributed by atoms with Crippen LogP contribution < -0.4 is 10.1 Å². The third-order valence-corrected chi connectivity index (χ3v) is 6.40. The van der Waals surface area contributed by atoms with E-state index in [4.69, 9.17) is 19.7 Å². The third kappa shape index (κ3) is 9.05. The van der Waals surface area contributed by atoms with E-state index in [1.54, 1.807) is 35.5 Å². The number of aromatic amines is 1. The number of ether oxygens (including phenoxy) is 1. The molecule has 0 spiro atoms. The van der Waals surface area contributed by atoms with Crippen LogP contribution in [0.15, 0.2) is 30.6 Å². The number of rotatable bonds is 9. The Hall–Kier alpha value is -3.98. The number of aromatic nitrogens is 2. The molecule has 4 rings (SSSR count). The average Bonchev–Trinajstić information content (AvgIpc) is 3.42. The highest BCUT2D eigenvalue weighted by atomic mass is 19.4. The molecule has 0 unspecified atom stereocenters. The number of halogens is 3. The molecule has 218 valence electrons. The number of nitrogens with zero attached hydrogens (tertiary/aromatic N) is 3. The number of hydrogen-bond acceptors (Lipinski definition) is 8. The van der Waals surface area contributed by atoms with Gasteiger partial charge in [-0.25, -0.2) is 14.6 Å². The number of piperidine rings is 1. The number of alkyl halides is 3. The number of carbonyl (C=O) groups excluding carboxylic acids is 2. The van der Waals surface area contributed by atoms with Gasteiger partial charge >= 0.3 is 18.1 Å². The van der Waals surface area contributed by atoms with Crippen molar-refractivity contribution in [2.24, 2.45) is 0 Å². The second kappa shape index (κ2) is 13.9. The maximum atomic E-state index is 13.0. The van der Waals surface area contributed by atoms with Crippen molar-refractivity contribution in [2.45, 2.75) is 31.5 Å². The third-order valence-electron chi connectivity index (χ3n) is 6.40. The van der Waals surface area contributed by atoms with Crippen molar-refractivity contribution >= 4 is 23.6 Å². The molecule has 0 bridgehead atoms. The highest BCUT2D eigenvalue weighted by Crippen LogP contribution is 2.24. The summed E-state index contributed by atoms with van der Waals surface area (Å²) in [5, 5.41) is 19.4. The molecule has 0 saturated carbocycles. The van der Waals surface area contributed by atoms with Crippen LogP contribution in [0, 0.1) is 0 Å². The molecule has 0 atom stereocenters. The van der Waals surface area contributed by atoms with E-state index < -0.39 is 24.7 Å². The molecular weight excluding hydrogens is 539 g/mol. The smallest absolute Gasteiger partial charge is 0.482 e. The van der Waals surface area contributed by atoms with Gasteiger partial charge in [0.1, 0.15) is 11.6 Å². The minimum absolute atomic E-state index is 0.0222. The number of benzene rings is 1. The van der Waals surface area contributed by atoms with Crippen LogP contribution in [0.2, 0.25) is 0 Å². The van der Waals surface area contributed by atoms with E-state index in [0.29, 0.717) is 48.3 Å². The molecule has 15 heteroatoms. The number of ketones is 1. The van der Waals surface area contributed by atoms with Gasteiger partial charge in [0.25, 0.3) is 0 Å². The fourth-order valence-corrected chi connectivity index (χ4v) is 4.39. The first-order chi connectivity index (χ1) is 18.9. The van der Waals surface area contributed by atoms with Crippen LogP contribution in [0.4, 0.5) is 13.2 Å². The maximum Gasteiger partial charge on any atom is 0.490 e. The predicted molar refractivity (Wildman–Crippen MR) is 133 cm³/mol. The first-order valence-corrected chi connectivity index (χ1v) is 12.5. The van der Waals surface area contributed by atoms with Crippen molar-refractivity contribution in [3.63, 3.8) is 0 Å². The summed E-state index contributed by atoms with van der Waals surface area (Å²) in [6.07, 6.45) is 0.674. The molecule has 0 radical (unpaired) electrons. The first-order valence-electron chi connectivity index (χ1n) is 12.5. The lowest BCUT2D eigenvalue weighted by Crippen LogP contribution is -2.56. The molecule has 2 aliphatic heterocycles. The van der Waals surface area contributed by atoms with Crippen molar-refractivity contribution in [3.05, 3.63) is 47.5 Å². The Bertz CT molecular complexity index is 1180. The van der Waals surface area contributed by atoms with E-state index in [1.807, 2.05) is 0 Å². The summed E-state index contributed by atoms with van der Waals surface area (Å²) in [6.45, 7) is 3.16. The van der Waals surface area contributed by atoms with E-state index in [2.05, 4.69) is 20.2 Å². The van der Waals surface area contributed by atoms with E-state index in [-0.39, 0.29) is 18.2 Å². The summed E-state index contributed by atoms with van der Waals surface area (Å²) in [5.41, 5.74) is 1.10. The van der Waals surface area contributed by atoms with Gasteiger partial charge in [-0.05, 0) is 44.1 Å². The van der Waals surface area contributed by atoms with Gasteiger partial charge in [0.2, 0.25) is 5.91 Å². The van der Waals surface area contributed by atoms with Gasteiger partial charge in [0, 0.05) is 49.1 Å². The van der Waals surface area contributed by atoms with Gasteiger partial charge in [-0.3, -0.25) is 14.5 Å². The Kier molecular flexibility index (Phi) is 10.6. The molecule has 2 saturated heterocycles. The topological polar surface area (TPSA) is 165 Å². The molecule has 0 aliphatic carbocycles. The van der Waals surface area contributed by atoms with Gasteiger partial charge in [0.05, 0.1) is 13.1 Å². The normalized spacial score (nSPS) is 16.7. The van der Waals surface area contributed by atoms with Crippen molar-refractivity contribution in [1.82, 2.24) is 25.1 Å². The van der Waals surface area contributed by atoms with Crippen LogP contribution >= 0.6 is 0 Å². The zero-order chi connectivity index (χ0) is 29.3. The second-order valence-electron chi connectivity index (χ2n) is 9.21. The zero-order valence-corrected chi connectivity index (χ0v) is 21.4. The van der Waals surface area contributed by atoms with Crippen LogP contribution in [0.25, 0.3) is 0 Å². The van der Waals surface area contributed by atoms with Crippen molar-refractivity contribution < 1.29 is 47.3 Å². The molecule has 2 aliphatic rings. The Morgan fingerprint density at radius 3 is 2.40 bits per heavy atom. The number of carboxylic acid groups (broad SMARTS) is 2. The van der Waals surface area contributed by atoms with E-state index in [0.717, 1.165) is 32.5 Å². The molecular formula is C25H30F3N5O7. The van der Waals surface area contributed by atoms with Gasteiger partial charge in [-0.15, -0.1) is 0 Å². The highest BCUT2D eigenvalue weighted by molar-refractivity contribution is 6.00. The Balaban J connectivity index is 0.000000559. The lowest BCUT2D eigenvalue weighted by atomic mass is 10.0. The summed E-state index contributed by atoms with van der Waals surface area (Å²) in [5.74, 6) is -2.97. The Morgan fingerprint density at radius 2 is 1.82 bits per heavy atom. The Morgan fingerprint density at radius 1 is 1.12 bits per heavy atom. The SMILES string of the molecule is O=C(O)C(F)(F)F.O=C(O)COc1ccc(C(=O)CN2CCN(C3CCNCC3)CC2=O)cc1Cc1ncc[nH]1. The molecule has 4 N–H and O–H groups in total. The van der Waals surface area contributed by atoms with E-state index in [1.165, 1.54) is 0 Å². The van der Waals surface area contributed by atoms with Gasteiger partial charge in [-0.2, -0.15) is 13.2 Å². The van der Waals surface area contributed by atoms with Gasteiger partial charge in [-0.1, -0.05) is 0 Å². The lowest BCUT2D eigenvalue weighted by molar-refractivity contribution is -0.192. The number of imidazole rings is 1. The molecule has 2 aromatic rings. The second-order valence-corrected chi connectivity index (χ2v) is 9.21. The molecule has 12 nitrogen and oxygen atoms in total. The molecule has 1 aromatic heterocycles. The predicted octanol–water partition coefficient (Wildman–Crippen LogP) is 1.18. The number of carbonyl (C=O) groups is 4. The van der Waals surface area contributed by atoms with E-state index in [9.17, 15) is 27.6 Å². The lowest BCUT2D eigenvalue weighted by Gasteiger charge is -2.40. The number of aliphatic carboxylic acids is 2. The molecule has 40 heavy (non-hydrogen) atoms. The van der Waals surface area contributed by atoms with Crippen molar-refractivity contribution in [3.8, 4) is 5.75 Å². The number of Topliss-reactive ketones (excluding diaryl/α,β-unsaturated/α-hetero) is 1. The highest BCUT2D eigenvalue weighted by Gasteiger charge is 2.38. The van der Waals surface area contributed by atoms with Gasteiger partial charge in [0.15, 0.2) is 12.4 Å². The fourth-order valence-electron chi connectivity index (χ4n) is 4.39. The summed E-state index contributed by atoms with van der Waals surface area (Å²) in [7, 11) is 0. The number of nitrogens with one attached hydrogen (secondary N) is 2. The van der Waals surface area contributed by atoms with Crippen LogP contribution in [-0.2, 0) is 20.8 Å². The fraction of sp³-hybridized carbons (Fsp3) is 0.480. The zero-order valence-electron chi connectivity index (χ0n) is 21.4. The monoisotopic (exact) mass is 569 g/mol. The van der Waals surface area contributed by atoms with Crippen LogP contribution in [-0.4, -0.2) is 112 Å².